The Kier molecular flexibility index (Phi) is 4.91. The van der Waals surface area contributed by atoms with Gasteiger partial charge in [-0.3, -0.25) is 4.57 Å². The fourth-order valence-corrected chi connectivity index (χ4v) is 2.19. The minimum atomic E-state index is 0.183. The molecular formula is C10H12ClN5OS. The first-order chi connectivity index (χ1) is 8.79. The zero-order valence-electron chi connectivity index (χ0n) is 9.78. The lowest BCUT2D eigenvalue weighted by atomic mass is 10.5. The summed E-state index contributed by atoms with van der Waals surface area (Å²) >= 11 is 7.40. The van der Waals surface area contributed by atoms with E-state index in [4.69, 9.17) is 16.3 Å². The molecule has 8 heteroatoms. The number of halogens is 1. The molecule has 0 aromatic carbocycles. The summed E-state index contributed by atoms with van der Waals surface area (Å²) in [5.41, 5.74) is 0. The van der Waals surface area contributed by atoms with Gasteiger partial charge in [0.2, 0.25) is 11.2 Å². The topological polar surface area (TPSA) is 65.7 Å². The third kappa shape index (κ3) is 3.66. The van der Waals surface area contributed by atoms with E-state index in [1.54, 1.807) is 30.4 Å². The lowest BCUT2D eigenvalue weighted by molar-refractivity contribution is 0.200. The molecule has 0 fully saturated rings. The molecular weight excluding hydrogens is 274 g/mol. The predicted molar refractivity (Wildman–Crippen MR) is 69.2 cm³/mol. The molecule has 0 radical (unpaired) electrons. The summed E-state index contributed by atoms with van der Waals surface area (Å²) in [5, 5.41) is 0.790. The van der Waals surface area contributed by atoms with E-state index in [1.807, 2.05) is 0 Å². The van der Waals surface area contributed by atoms with Gasteiger partial charge in [0.15, 0.2) is 5.16 Å². The third-order valence-electron chi connectivity index (χ3n) is 2.04. The summed E-state index contributed by atoms with van der Waals surface area (Å²) in [6, 6.07) is 0. The summed E-state index contributed by atoms with van der Waals surface area (Å²) < 4.78 is 6.67. The second kappa shape index (κ2) is 6.67. The summed E-state index contributed by atoms with van der Waals surface area (Å²) in [7, 11) is 1.68. The highest BCUT2D eigenvalue weighted by Crippen LogP contribution is 2.17. The van der Waals surface area contributed by atoms with E-state index >= 15 is 0 Å². The minimum Gasteiger partial charge on any atom is -0.385 e. The maximum absolute atomic E-state index is 5.87. The van der Waals surface area contributed by atoms with E-state index in [9.17, 15) is 0 Å². The summed E-state index contributed by atoms with van der Waals surface area (Å²) in [5.74, 6) is 1.35. The lowest BCUT2D eigenvalue weighted by Crippen LogP contribution is -2.03. The first-order valence-corrected chi connectivity index (χ1v) is 6.67. The fourth-order valence-electron chi connectivity index (χ4n) is 1.25. The van der Waals surface area contributed by atoms with Gasteiger partial charge in [-0.05, 0) is 18.0 Å². The molecule has 2 aromatic heterocycles. The second-order valence-electron chi connectivity index (χ2n) is 3.35. The normalized spacial score (nSPS) is 10.8. The molecule has 96 valence electrons. The molecule has 0 bridgehead atoms. The SMILES string of the molecule is COCCCSc1nc(Cl)nc(-n2ccnc2)n1. The van der Waals surface area contributed by atoms with Crippen LogP contribution in [0.25, 0.3) is 5.95 Å². The Morgan fingerprint density at radius 2 is 2.28 bits per heavy atom. The van der Waals surface area contributed by atoms with Crippen molar-refractivity contribution in [1.82, 2.24) is 24.5 Å². The van der Waals surface area contributed by atoms with Crippen LogP contribution in [0, 0.1) is 0 Å². The van der Waals surface area contributed by atoms with Crippen molar-refractivity contribution in [2.75, 3.05) is 19.5 Å². The average molecular weight is 286 g/mol. The molecule has 2 heterocycles. The van der Waals surface area contributed by atoms with Crippen molar-refractivity contribution >= 4 is 23.4 Å². The minimum absolute atomic E-state index is 0.183. The van der Waals surface area contributed by atoms with Gasteiger partial charge in [0.05, 0.1) is 0 Å². The monoisotopic (exact) mass is 285 g/mol. The molecule has 0 aliphatic heterocycles. The van der Waals surface area contributed by atoms with E-state index in [2.05, 4.69) is 19.9 Å². The van der Waals surface area contributed by atoms with Gasteiger partial charge in [0.1, 0.15) is 6.33 Å². The Morgan fingerprint density at radius 3 is 3.00 bits per heavy atom. The Morgan fingerprint density at radius 1 is 1.39 bits per heavy atom. The van der Waals surface area contributed by atoms with Gasteiger partial charge in [-0.25, -0.2) is 4.98 Å². The van der Waals surface area contributed by atoms with Gasteiger partial charge in [-0.15, -0.1) is 0 Å². The number of thioether (sulfide) groups is 1. The van der Waals surface area contributed by atoms with Crippen molar-refractivity contribution in [2.24, 2.45) is 0 Å². The zero-order valence-corrected chi connectivity index (χ0v) is 11.4. The summed E-state index contributed by atoms with van der Waals surface area (Å²) in [6.45, 7) is 0.722. The molecule has 6 nitrogen and oxygen atoms in total. The number of rotatable bonds is 6. The van der Waals surface area contributed by atoms with Gasteiger partial charge < -0.3 is 4.74 Å². The Balaban J connectivity index is 2.07. The highest BCUT2D eigenvalue weighted by atomic mass is 35.5. The molecule has 0 N–H and O–H groups in total. The van der Waals surface area contributed by atoms with Gasteiger partial charge in [-0.1, -0.05) is 11.8 Å². The molecule has 18 heavy (non-hydrogen) atoms. The van der Waals surface area contributed by atoms with Gasteiger partial charge in [-0.2, -0.15) is 15.0 Å². The predicted octanol–water partition coefficient (Wildman–Crippen LogP) is 1.84. The first-order valence-electron chi connectivity index (χ1n) is 5.31. The number of hydrogen-bond acceptors (Lipinski definition) is 6. The Bertz CT molecular complexity index is 493. The first kappa shape index (κ1) is 13.3. The average Bonchev–Trinajstić information content (AvgIpc) is 2.88. The number of methoxy groups -OCH3 is 1. The van der Waals surface area contributed by atoms with E-state index in [0.29, 0.717) is 11.1 Å². The largest absolute Gasteiger partial charge is 0.385 e. The maximum atomic E-state index is 5.87. The number of aromatic nitrogens is 5. The molecule has 2 aromatic rings. The Hall–Kier alpha value is -1.18. The number of nitrogens with zero attached hydrogens (tertiary/aromatic N) is 5. The van der Waals surface area contributed by atoms with Crippen LogP contribution in [0.4, 0.5) is 0 Å². The van der Waals surface area contributed by atoms with E-state index in [-0.39, 0.29) is 5.28 Å². The van der Waals surface area contributed by atoms with Gasteiger partial charge in [0.25, 0.3) is 0 Å². The second-order valence-corrected chi connectivity index (χ2v) is 4.75. The smallest absolute Gasteiger partial charge is 0.240 e. The van der Waals surface area contributed by atoms with Crippen LogP contribution in [0.5, 0.6) is 0 Å². The molecule has 0 spiro atoms. The van der Waals surface area contributed by atoms with Crippen molar-refractivity contribution in [1.29, 1.82) is 0 Å². The molecule has 2 rings (SSSR count). The molecule has 0 saturated heterocycles. The van der Waals surface area contributed by atoms with Crippen LogP contribution >= 0.6 is 23.4 Å². The van der Waals surface area contributed by atoms with Crippen LogP contribution in [0.1, 0.15) is 6.42 Å². The van der Waals surface area contributed by atoms with Crippen LogP contribution in [0.15, 0.2) is 23.9 Å². The number of imidazole rings is 1. The van der Waals surface area contributed by atoms with E-state index in [0.717, 1.165) is 18.8 Å². The third-order valence-corrected chi connectivity index (χ3v) is 3.14. The highest BCUT2D eigenvalue weighted by molar-refractivity contribution is 7.99. The Labute approximate surface area is 114 Å². The molecule has 0 amide bonds. The molecule has 0 aliphatic rings. The van der Waals surface area contributed by atoms with Crippen molar-refractivity contribution in [3.63, 3.8) is 0 Å². The quantitative estimate of drug-likeness (QED) is 0.596. The number of hydrogen-bond donors (Lipinski definition) is 0. The standard InChI is InChI=1S/C10H12ClN5OS/c1-17-5-2-6-18-10-14-8(11)13-9(15-10)16-4-3-12-7-16/h3-4,7H,2,5-6H2,1H3. The van der Waals surface area contributed by atoms with Crippen LogP contribution < -0.4 is 0 Å². The van der Waals surface area contributed by atoms with E-state index < -0.39 is 0 Å². The van der Waals surface area contributed by atoms with E-state index in [1.165, 1.54) is 11.8 Å². The summed E-state index contributed by atoms with van der Waals surface area (Å²) in [6.07, 6.45) is 5.96. The van der Waals surface area contributed by atoms with Crippen molar-refractivity contribution in [2.45, 2.75) is 11.6 Å². The fraction of sp³-hybridized carbons (Fsp3) is 0.400. The summed E-state index contributed by atoms with van der Waals surface area (Å²) in [4.78, 5) is 16.4. The van der Waals surface area contributed by atoms with Crippen LogP contribution in [0.3, 0.4) is 0 Å². The number of ether oxygens (including phenoxy) is 1. The zero-order chi connectivity index (χ0) is 12.8. The molecule has 0 atom stereocenters. The van der Waals surface area contributed by atoms with Crippen molar-refractivity contribution in [3.05, 3.63) is 24.0 Å². The molecule has 0 unspecified atom stereocenters. The van der Waals surface area contributed by atoms with Crippen LogP contribution in [-0.2, 0) is 4.74 Å². The van der Waals surface area contributed by atoms with Crippen LogP contribution in [-0.4, -0.2) is 44.0 Å². The van der Waals surface area contributed by atoms with Gasteiger partial charge in [0, 0.05) is 31.9 Å². The van der Waals surface area contributed by atoms with Crippen molar-refractivity contribution < 1.29 is 4.74 Å². The lowest BCUT2D eigenvalue weighted by Gasteiger charge is -2.04. The highest BCUT2D eigenvalue weighted by Gasteiger charge is 2.06. The molecule has 0 saturated carbocycles. The van der Waals surface area contributed by atoms with Gasteiger partial charge >= 0.3 is 0 Å². The molecule has 0 aliphatic carbocycles. The van der Waals surface area contributed by atoms with Crippen LogP contribution in [0.2, 0.25) is 5.28 Å². The van der Waals surface area contributed by atoms with Crippen molar-refractivity contribution in [3.8, 4) is 5.95 Å². The maximum Gasteiger partial charge on any atom is 0.240 e.